The van der Waals surface area contributed by atoms with Crippen LogP contribution in [0.4, 0.5) is 0 Å². The zero-order valence-electron chi connectivity index (χ0n) is 17.7. The molecule has 4 aromatic carbocycles. The average molecular weight is 422 g/mol. The Labute approximate surface area is 189 Å². The molecular weight excluding hydrogens is 404 g/mol. The van der Waals surface area contributed by atoms with Gasteiger partial charge in [-0.25, -0.2) is 9.97 Å². The first-order valence-electron chi connectivity index (χ1n) is 11.0. The lowest BCUT2D eigenvalue weighted by Gasteiger charge is -2.11. The summed E-state index contributed by atoms with van der Waals surface area (Å²) in [4.78, 5) is 14.3. The third-order valence-electron chi connectivity index (χ3n) is 6.29. The van der Waals surface area contributed by atoms with Crippen LogP contribution in [0.5, 0.6) is 0 Å². The number of hydrogen-bond donors (Lipinski definition) is 0. The van der Waals surface area contributed by atoms with Gasteiger partial charge in [0.1, 0.15) is 0 Å². The van der Waals surface area contributed by atoms with Gasteiger partial charge in [-0.1, -0.05) is 60.7 Å². The second kappa shape index (κ2) is 6.97. The fourth-order valence-electron chi connectivity index (χ4n) is 4.76. The number of hydrogen-bond acceptors (Lipinski definition) is 3. The topological polar surface area (TPSA) is 43.6 Å². The summed E-state index contributed by atoms with van der Waals surface area (Å²) in [7, 11) is 0. The van der Waals surface area contributed by atoms with E-state index in [2.05, 4.69) is 82.3 Å². The fourth-order valence-corrected chi connectivity index (χ4v) is 4.76. The molecule has 154 valence electrons. The molecule has 0 aliphatic heterocycles. The molecule has 7 rings (SSSR count). The predicted octanol–water partition coefficient (Wildman–Crippen LogP) is 6.94. The highest BCUT2D eigenvalue weighted by Crippen LogP contribution is 2.35. The molecule has 0 spiro atoms. The molecule has 7 aromatic rings. The first-order valence-corrected chi connectivity index (χ1v) is 11.0. The summed E-state index contributed by atoms with van der Waals surface area (Å²) in [6, 6.07) is 33.6. The van der Waals surface area contributed by atoms with E-state index < -0.39 is 0 Å². The summed E-state index contributed by atoms with van der Waals surface area (Å²) in [5.41, 5.74) is 5.05. The second-order valence-electron chi connectivity index (χ2n) is 8.19. The minimum atomic E-state index is 0.669. The van der Waals surface area contributed by atoms with Crippen LogP contribution in [0.2, 0.25) is 0 Å². The van der Waals surface area contributed by atoms with Gasteiger partial charge in [-0.05, 0) is 47.2 Å². The second-order valence-corrected chi connectivity index (χ2v) is 8.19. The summed E-state index contributed by atoms with van der Waals surface area (Å²) < 4.78 is 2.19. The number of rotatable bonds is 2. The quantitative estimate of drug-likeness (QED) is 0.303. The van der Waals surface area contributed by atoms with Crippen LogP contribution in [0.1, 0.15) is 0 Å². The maximum absolute atomic E-state index is 5.12. The lowest BCUT2D eigenvalue weighted by Crippen LogP contribution is -2.03. The van der Waals surface area contributed by atoms with Crippen LogP contribution in [0.3, 0.4) is 0 Å². The van der Waals surface area contributed by atoms with Crippen LogP contribution in [0, 0.1) is 0 Å². The van der Waals surface area contributed by atoms with Crippen LogP contribution >= 0.6 is 0 Å². The van der Waals surface area contributed by atoms with E-state index in [0.29, 0.717) is 5.95 Å². The molecule has 0 atom stereocenters. The van der Waals surface area contributed by atoms with E-state index in [-0.39, 0.29) is 0 Å². The molecule has 0 unspecified atom stereocenters. The molecule has 0 N–H and O–H groups in total. The Bertz CT molecular complexity index is 1820. The van der Waals surface area contributed by atoms with Crippen LogP contribution in [0.25, 0.3) is 60.7 Å². The lowest BCUT2D eigenvalue weighted by molar-refractivity contribution is 1.01. The van der Waals surface area contributed by atoms with E-state index in [1.807, 2.05) is 24.3 Å². The van der Waals surface area contributed by atoms with Crippen molar-refractivity contribution in [1.82, 2.24) is 19.5 Å². The van der Waals surface area contributed by atoms with Gasteiger partial charge < -0.3 is 0 Å². The van der Waals surface area contributed by atoms with E-state index in [4.69, 9.17) is 9.97 Å². The number of fused-ring (bicyclic) bond motifs is 5. The van der Waals surface area contributed by atoms with Gasteiger partial charge in [0.05, 0.1) is 22.2 Å². The van der Waals surface area contributed by atoms with Gasteiger partial charge in [0.2, 0.25) is 5.95 Å². The Morgan fingerprint density at radius 1 is 0.545 bits per heavy atom. The Hall–Kier alpha value is -4.57. The molecule has 4 heteroatoms. The first kappa shape index (κ1) is 18.0. The van der Waals surface area contributed by atoms with E-state index in [1.54, 1.807) is 12.4 Å². The minimum absolute atomic E-state index is 0.669. The van der Waals surface area contributed by atoms with Crippen molar-refractivity contribution < 1.29 is 0 Å². The molecule has 3 heterocycles. The Balaban J connectivity index is 1.63. The van der Waals surface area contributed by atoms with E-state index in [1.165, 1.54) is 21.5 Å². The Morgan fingerprint density at radius 3 is 2.09 bits per heavy atom. The van der Waals surface area contributed by atoms with Crippen LogP contribution in [0.15, 0.2) is 109 Å². The molecule has 33 heavy (non-hydrogen) atoms. The number of benzene rings is 4. The molecule has 0 bridgehead atoms. The molecule has 0 aliphatic carbocycles. The Morgan fingerprint density at radius 2 is 1.24 bits per heavy atom. The molecule has 0 saturated carbocycles. The molecule has 0 aliphatic rings. The van der Waals surface area contributed by atoms with Gasteiger partial charge >= 0.3 is 0 Å². The number of aromatic nitrogens is 4. The third kappa shape index (κ3) is 2.74. The number of nitrogens with zero attached hydrogens (tertiary/aromatic N) is 4. The van der Waals surface area contributed by atoms with Crippen molar-refractivity contribution in [2.75, 3.05) is 0 Å². The predicted molar refractivity (Wildman–Crippen MR) is 135 cm³/mol. The van der Waals surface area contributed by atoms with Gasteiger partial charge in [-0.2, -0.15) is 0 Å². The average Bonchev–Trinajstić information content (AvgIpc) is 3.20. The van der Waals surface area contributed by atoms with Gasteiger partial charge in [-0.3, -0.25) is 9.55 Å². The summed E-state index contributed by atoms with van der Waals surface area (Å²) in [6.07, 6.45) is 3.61. The lowest BCUT2D eigenvalue weighted by atomic mass is 10.1. The van der Waals surface area contributed by atoms with Crippen molar-refractivity contribution >= 4 is 43.5 Å². The van der Waals surface area contributed by atoms with Crippen molar-refractivity contribution in [2.24, 2.45) is 0 Å². The molecular formula is C29H18N4. The summed E-state index contributed by atoms with van der Waals surface area (Å²) >= 11 is 0. The van der Waals surface area contributed by atoms with Gasteiger partial charge in [0.15, 0.2) is 0 Å². The van der Waals surface area contributed by atoms with Crippen molar-refractivity contribution in [3.05, 3.63) is 109 Å². The van der Waals surface area contributed by atoms with Crippen LogP contribution < -0.4 is 0 Å². The van der Waals surface area contributed by atoms with Crippen molar-refractivity contribution in [1.29, 1.82) is 0 Å². The van der Waals surface area contributed by atoms with Crippen LogP contribution in [-0.4, -0.2) is 19.5 Å². The van der Waals surface area contributed by atoms with Gasteiger partial charge in [-0.15, -0.1) is 0 Å². The normalized spacial score (nSPS) is 11.6. The molecule has 0 radical (unpaired) electrons. The van der Waals surface area contributed by atoms with Gasteiger partial charge in [0, 0.05) is 34.1 Å². The number of para-hydroxylation sites is 2. The molecule has 0 amide bonds. The summed E-state index contributed by atoms with van der Waals surface area (Å²) in [6.45, 7) is 0. The van der Waals surface area contributed by atoms with E-state index in [0.717, 1.165) is 33.2 Å². The summed E-state index contributed by atoms with van der Waals surface area (Å²) in [5.74, 6) is 0.669. The summed E-state index contributed by atoms with van der Waals surface area (Å²) in [5, 5.41) is 5.85. The van der Waals surface area contributed by atoms with Crippen molar-refractivity contribution in [3.8, 4) is 17.2 Å². The first-order chi connectivity index (χ1) is 16.4. The molecule has 0 fully saturated rings. The monoisotopic (exact) mass is 422 g/mol. The maximum Gasteiger partial charge on any atom is 0.235 e. The highest BCUT2D eigenvalue weighted by Gasteiger charge is 2.17. The Kier molecular flexibility index (Phi) is 3.81. The van der Waals surface area contributed by atoms with Crippen molar-refractivity contribution in [2.45, 2.75) is 0 Å². The van der Waals surface area contributed by atoms with E-state index >= 15 is 0 Å². The highest BCUT2D eigenvalue weighted by molar-refractivity contribution is 6.13. The zero-order valence-corrected chi connectivity index (χ0v) is 17.7. The largest absolute Gasteiger partial charge is 0.278 e. The number of pyridine rings is 1. The fraction of sp³-hybridized carbons (Fsp3) is 0. The van der Waals surface area contributed by atoms with Crippen LogP contribution in [-0.2, 0) is 0 Å². The molecule has 3 aromatic heterocycles. The smallest absolute Gasteiger partial charge is 0.235 e. The standard InChI is InChI=1S/C29H18N4/c1-2-8-21-18-27-24(17-20(21)7-1)22-9-4-6-12-26(22)33(27)29-31-25-11-5-3-10-23(25)28(32-29)19-13-15-30-16-14-19/h1-18H. The zero-order chi connectivity index (χ0) is 21.8. The third-order valence-corrected chi connectivity index (χ3v) is 6.29. The highest BCUT2D eigenvalue weighted by atomic mass is 15.2. The molecule has 0 saturated heterocycles. The van der Waals surface area contributed by atoms with Gasteiger partial charge in [0.25, 0.3) is 0 Å². The minimum Gasteiger partial charge on any atom is -0.278 e. The SMILES string of the molecule is c1ccc2cc3c(cc2c1)c1ccccc1n3-c1nc(-c2ccncc2)c2ccccc2n1. The van der Waals surface area contributed by atoms with Crippen molar-refractivity contribution in [3.63, 3.8) is 0 Å². The van der Waals surface area contributed by atoms with E-state index in [9.17, 15) is 0 Å². The molecule has 4 nitrogen and oxygen atoms in total. The maximum atomic E-state index is 5.12.